The van der Waals surface area contributed by atoms with E-state index in [4.69, 9.17) is 4.74 Å². The Kier molecular flexibility index (Phi) is 7.49. The molecular formula is C25H31F3N4O3. The van der Waals surface area contributed by atoms with Crippen molar-refractivity contribution >= 4 is 17.6 Å². The third-order valence-electron chi connectivity index (χ3n) is 6.67. The molecule has 1 aromatic heterocycles. The number of anilines is 1. The third kappa shape index (κ3) is 5.86. The number of alkyl halides is 3. The van der Waals surface area contributed by atoms with Gasteiger partial charge in [0.1, 0.15) is 6.04 Å². The lowest BCUT2D eigenvalue weighted by molar-refractivity contribution is -0.138. The molecule has 7 nitrogen and oxygen atoms in total. The van der Waals surface area contributed by atoms with Crippen LogP contribution in [0.5, 0.6) is 0 Å². The third-order valence-corrected chi connectivity index (χ3v) is 6.67. The van der Waals surface area contributed by atoms with E-state index in [9.17, 15) is 22.8 Å². The molecule has 1 aliphatic heterocycles. The lowest BCUT2D eigenvalue weighted by atomic mass is 9.96. The van der Waals surface area contributed by atoms with Crippen molar-refractivity contribution in [3.8, 4) is 0 Å². The molecule has 190 valence electrons. The maximum atomic E-state index is 13.6. The van der Waals surface area contributed by atoms with Gasteiger partial charge in [-0.15, -0.1) is 0 Å². The Hall–Kier alpha value is -2.88. The van der Waals surface area contributed by atoms with Crippen LogP contribution in [-0.4, -0.2) is 45.2 Å². The standard InChI is InChI=1S/C25H31F3N4O3/c1-16(2)35-13-12-31-11-10-22(30-31)29-23(33)21(14-17-6-3-4-7-17)32-15-19-18(24(32)34)8-5-9-20(19)25(26,27)28/h5,8-11,16-17,21H,3-4,6-7,12-15H2,1-2H3,(H,29,30,33). The van der Waals surface area contributed by atoms with Gasteiger partial charge in [0, 0.05) is 24.4 Å². The van der Waals surface area contributed by atoms with Gasteiger partial charge in [0.2, 0.25) is 5.91 Å². The van der Waals surface area contributed by atoms with Gasteiger partial charge in [-0.05, 0) is 43.9 Å². The Morgan fingerprint density at radius 3 is 2.66 bits per heavy atom. The second-order valence-corrected chi connectivity index (χ2v) is 9.54. The number of fused-ring (bicyclic) bond motifs is 1. The summed E-state index contributed by atoms with van der Waals surface area (Å²) in [6.45, 7) is 4.62. The summed E-state index contributed by atoms with van der Waals surface area (Å²) in [4.78, 5) is 27.8. The molecule has 0 saturated heterocycles. The molecule has 0 spiro atoms. The number of halogens is 3. The number of carbonyl (C=O) groups excluding carboxylic acids is 2. The molecule has 2 aromatic rings. The Morgan fingerprint density at radius 2 is 1.97 bits per heavy atom. The molecule has 2 amide bonds. The van der Waals surface area contributed by atoms with Crippen molar-refractivity contribution in [1.82, 2.24) is 14.7 Å². The van der Waals surface area contributed by atoms with E-state index in [0.717, 1.165) is 31.7 Å². The second-order valence-electron chi connectivity index (χ2n) is 9.54. The van der Waals surface area contributed by atoms with Crippen LogP contribution < -0.4 is 5.32 Å². The highest BCUT2D eigenvalue weighted by Gasteiger charge is 2.43. The Bertz CT molecular complexity index is 1060. The normalized spacial score (nSPS) is 17.3. The molecule has 0 bridgehead atoms. The zero-order valence-electron chi connectivity index (χ0n) is 20.0. The fourth-order valence-electron chi connectivity index (χ4n) is 4.95. The number of rotatable bonds is 9. The predicted octanol–water partition coefficient (Wildman–Crippen LogP) is 4.87. The van der Waals surface area contributed by atoms with Crippen LogP contribution in [0.25, 0.3) is 0 Å². The zero-order valence-corrected chi connectivity index (χ0v) is 20.0. The van der Waals surface area contributed by atoms with Gasteiger partial charge in [0.05, 0.1) is 24.8 Å². The minimum atomic E-state index is -4.57. The molecule has 1 aliphatic carbocycles. The molecule has 1 saturated carbocycles. The highest BCUT2D eigenvalue weighted by atomic mass is 19.4. The first-order valence-electron chi connectivity index (χ1n) is 12.1. The zero-order chi connectivity index (χ0) is 25.2. The Morgan fingerprint density at radius 1 is 1.23 bits per heavy atom. The van der Waals surface area contributed by atoms with E-state index in [-0.39, 0.29) is 29.7 Å². The van der Waals surface area contributed by atoms with Crippen LogP contribution in [-0.2, 0) is 28.8 Å². The van der Waals surface area contributed by atoms with Gasteiger partial charge < -0.3 is 15.0 Å². The first-order valence-corrected chi connectivity index (χ1v) is 12.1. The van der Waals surface area contributed by atoms with E-state index in [2.05, 4.69) is 10.4 Å². The minimum absolute atomic E-state index is 0.0125. The number of benzene rings is 1. The van der Waals surface area contributed by atoms with Crippen LogP contribution in [0.15, 0.2) is 30.5 Å². The van der Waals surface area contributed by atoms with Crippen molar-refractivity contribution in [1.29, 1.82) is 0 Å². The summed E-state index contributed by atoms with van der Waals surface area (Å²) in [5.41, 5.74) is -0.879. The molecule has 1 fully saturated rings. The average Bonchev–Trinajstić information content (AvgIpc) is 3.52. The molecule has 0 radical (unpaired) electrons. The Labute approximate surface area is 202 Å². The quantitative estimate of drug-likeness (QED) is 0.542. The molecule has 1 atom stereocenters. The second kappa shape index (κ2) is 10.4. The number of nitrogens with zero attached hydrogens (tertiary/aromatic N) is 3. The largest absolute Gasteiger partial charge is 0.416 e. The summed E-state index contributed by atoms with van der Waals surface area (Å²) in [5, 5.41) is 7.12. The molecule has 1 N–H and O–H groups in total. The van der Waals surface area contributed by atoms with Crippen molar-refractivity contribution in [2.75, 3.05) is 11.9 Å². The molecule has 2 aliphatic rings. The van der Waals surface area contributed by atoms with Crippen LogP contribution >= 0.6 is 0 Å². The van der Waals surface area contributed by atoms with Gasteiger partial charge in [-0.3, -0.25) is 14.3 Å². The molecule has 2 heterocycles. The number of amides is 2. The summed E-state index contributed by atoms with van der Waals surface area (Å²) < 4.78 is 47.9. The summed E-state index contributed by atoms with van der Waals surface area (Å²) >= 11 is 0. The molecule has 35 heavy (non-hydrogen) atoms. The van der Waals surface area contributed by atoms with E-state index in [1.54, 1.807) is 16.9 Å². The summed E-state index contributed by atoms with van der Waals surface area (Å²) in [6, 6.07) is 4.40. The van der Waals surface area contributed by atoms with E-state index >= 15 is 0 Å². The maximum absolute atomic E-state index is 13.6. The predicted molar refractivity (Wildman–Crippen MR) is 124 cm³/mol. The van der Waals surface area contributed by atoms with E-state index < -0.39 is 29.6 Å². The van der Waals surface area contributed by atoms with Crippen molar-refractivity contribution in [3.63, 3.8) is 0 Å². The molecular weight excluding hydrogens is 461 g/mol. The number of hydrogen-bond acceptors (Lipinski definition) is 4. The number of carbonyl (C=O) groups is 2. The maximum Gasteiger partial charge on any atom is 0.416 e. The van der Waals surface area contributed by atoms with Gasteiger partial charge >= 0.3 is 6.18 Å². The fraction of sp³-hybridized carbons (Fsp3) is 0.560. The fourth-order valence-corrected chi connectivity index (χ4v) is 4.95. The van der Waals surface area contributed by atoms with Crippen LogP contribution in [0.1, 0.15) is 67.4 Å². The summed E-state index contributed by atoms with van der Waals surface area (Å²) in [7, 11) is 0. The highest BCUT2D eigenvalue weighted by molar-refractivity contribution is 6.03. The smallest absolute Gasteiger partial charge is 0.377 e. The van der Waals surface area contributed by atoms with Gasteiger partial charge in [-0.2, -0.15) is 18.3 Å². The van der Waals surface area contributed by atoms with Crippen molar-refractivity contribution < 1.29 is 27.5 Å². The van der Waals surface area contributed by atoms with E-state index in [1.807, 2.05) is 13.8 Å². The Balaban J connectivity index is 1.52. The first kappa shape index (κ1) is 25.2. The monoisotopic (exact) mass is 492 g/mol. The van der Waals surface area contributed by atoms with Crippen molar-refractivity contribution in [2.45, 2.75) is 77.4 Å². The number of nitrogens with one attached hydrogen (secondary N) is 1. The van der Waals surface area contributed by atoms with Crippen LogP contribution in [0, 0.1) is 5.92 Å². The lowest BCUT2D eigenvalue weighted by Gasteiger charge is -2.29. The lowest BCUT2D eigenvalue weighted by Crippen LogP contribution is -2.45. The van der Waals surface area contributed by atoms with Crippen LogP contribution in [0.2, 0.25) is 0 Å². The van der Waals surface area contributed by atoms with Crippen molar-refractivity contribution in [3.05, 3.63) is 47.2 Å². The highest BCUT2D eigenvalue weighted by Crippen LogP contribution is 2.39. The van der Waals surface area contributed by atoms with Crippen LogP contribution in [0.4, 0.5) is 19.0 Å². The molecule has 10 heteroatoms. The number of ether oxygens (including phenoxy) is 1. The first-order chi connectivity index (χ1) is 16.6. The number of aromatic nitrogens is 2. The molecule has 1 aromatic carbocycles. The van der Waals surface area contributed by atoms with Gasteiger partial charge in [0.15, 0.2) is 5.82 Å². The van der Waals surface area contributed by atoms with E-state index in [1.165, 1.54) is 17.0 Å². The molecule has 4 rings (SSSR count). The molecule has 1 unspecified atom stereocenters. The summed E-state index contributed by atoms with van der Waals surface area (Å²) in [6.07, 6.45) is 1.64. The van der Waals surface area contributed by atoms with Gasteiger partial charge in [-0.1, -0.05) is 31.7 Å². The van der Waals surface area contributed by atoms with E-state index in [0.29, 0.717) is 25.4 Å². The van der Waals surface area contributed by atoms with Gasteiger partial charge in [-0.25, -0.2) is 0 Å². The average molecular weight is 493 g/mol. The minimum Gasteiger partial charge on any atom is -0.377 e. The van der Waals surface area contributed by atoms with Crippen LogP contribution in [0.3, 0.4) is 0 Å². The van der Waals surface area contributed by atoms with Gasteiger partial charge in [0.25, 0.3) is 5.91 Å². The number of hydrogen-bond donors (Lipinski definition) is 1. The summed E-state index contributed by atoms with van der Waals surface area (Å²) in [5.74, 6) is -0.401. The topological polar surface area (TPSA) is 76.5 Å². The SMILES string of the molecule is CC(C)OCCn1ccc(NC(=O)C(CC2CCCC2)N2Cc3c(cccc3C(F)(F)F)C2=O)n1. The van der Waals surface area contributed by atoms with Crippen molar-refractivity contribution in [2.24, 2.45) is 5.92 Å².